The van der Waals surface area contributed by atoms with E-state index in [1.54, 1.807) is 23.4 Å². The van der Waals surface area contributed by atoms with Crippen LogP contribution >= 0.6 is 11.5 Å². The Morgan fingerprint density at radius 2 is 1.91 bits per heavy atom. The zero-order chi connectivity index (χ0) is 23.9. The Hall–Kier alpha value is -2.95. The highest BCUT2D eigenvalue weighted by Gasteiger charge is 2.41. The van der Waals surface area contributed by atoms with Gasteiger partial charge in [-0.1, -0.05) is 38.1 Å². The highest BCUT2D eigenvalue weighted by molar-refractivity contribution is 7.13. The molecule has 3 aromatic rings. The molecular weight excluding hydrogens is 442 g/mol. The number of nitriles is 1. The molecule has 7 heteroatoms. The molecule has 2 aromatic carbocycles. The van der Waals surface area contributed by atoms with Crippen LogP contribution in [0.2, 0.25) is 0 Å². The summed E-state index contributed by atoms with van der Waals surface area (Å²) < 4.78 is 5.97. The van der Waals surface area contributed by atoms with Crippen molar-refractivity contribution >= 4 is 39.0 Å². The Morgan fingerprint density at radius 3 is 2.68 bits per heavy atom. The fourth-order valence-electron chi connectivity index (χ4n) is 5.17. The minimum atomic E-state index is -0.493. The Bertz CT molecular complexity index is 1250. The number of rotatable bonds is 5. The van der Waals surface area contributed by atoms with Crippen LogP contribution in [0, 0.1) is 16.7 Å². The van der Waals surface area contributed by atoms with Gasteiger partial charge in [-0.25, -0.2) is 0 Å². The Kier molecular flexibility index (Phi) is 6.05. The van der Waals surface area contributed by atoms with Crippen molar-refractivity contribution in [1.29, 1.82) is 5.26 Å². The molecule has 0 radical (unpaired) electrons. The van der Waals surface area contributed by atoms with Crippen LogP contribution in [0.15, 0.2) is 42.5 Å². The fraction of sp³-hybridized carbons (Fsp3) is 0.444. The molecule has 176 valence electrons. The summed E-state index contributed by atoms with van der Waals surface area (Å²) in [7, 11) is 0. The van der Waals surface area contributed by atoms with Gasteiger partial charge in [0.05, 0.1) is 10.8 Å². The SMILES string of the molecule is CC(C#N)N1C(=O)C(C)(C)Cc2cc(CCN3CCN(c4nsc5ccccc45)CC3)ccc21. The van der Waals surface area contributed by atoms with Crippen molar-refractivity contribution in [2.75, 3.05) is 42.5 Å². The van der Waals surface area contributed by atoms with Crippen molar-refractivity contribution in [1.82, 2.24) is 9.27 Å². The zero-order valence-corrected chi connectivity index (χ0v) is 20.9. The molecule has 0 N–H and O–H groups in total. The summed E-state index contributed by atoms with van der Waals surface area (Å²) in [6.45, 7) is 10.8. The van der Waals surface area contributed by atoms with Gasteiger partial charge in [0.25, 0.3) is 0 Å². The molecule has 0 aliphatic carbocycles. The van der Waals surface area contributed by atoms with Gasteiger partial charge in [0.1, 0.15) is 11.9 Å². The van der Waals surface area contributed by atoms with Crippen molar-refractivity contribution < 1.29 is 4.79 Å². The topological polar surface area (TPSA) is 63.5 Å². The predicted molar refractivity (Wildman–Crippen MR) is 138 cm³/mol. The van der Waals surface area contributed by atoms with Crippen LogP contribution in [0.5, 0.6) is 0 Å². The van der Waals surface area contributed by atoms with Crippen LogP contribution in [0.4, 0.5) is 11.5 Å². The van der Waals surface area contributed by atoms with Crippen molar-refractivity contribution in [3.8, 4) is 6.07 Å². The number of benzene rings is 2. The monoisotopic (exact) mass is 473 g/mol. The summed E-state index contributed by atoms with van der Waals surface area (Å²) in [5.41, 5.74) is 2.87. The van der Waals surface area contributed by atoms with Crippen LogP contribution in [-0.2, 0) is 17.6 Å². The first-order valence-electron chi connectivity index (χ1n) is 12.0. The van der Waals surface area contributed by atoms with Crippen LogP contribution in [-0.4, -0.2) is 53.9 Å². The molecule has 6 nitrogen and oxygen atoms in total. The second kappa shape index (κ2) is 9.01. The van der Waals surface area contributed by atoms with Crippen molar-refractivity contribution in [2.45, 2.75) is 39.7 Å². The van der Waals surface area contributed by atoms with E-state index < -0.39 is 11.5 Å². The molecule has 2 aliphatic rings. The molecule has 1 atom stereocenters. The molecule has 34 heavy (non-hydrogen) atoms. The summed E-state index contributed by atoms with van der Waals surface area (Å²) in [6, 6.07) is 16.7. The molecule has 0 saturated carbocycles. The molecular formula is C27H31N5OS. The van der Waals surface area contributed by atoms with Crippen molar-refractivity contribution in [2.24, 2.45) is 5.41 Å². The number of aromatic nitrogens is 1. The Morgan fingerprint density at radius 1 is 1.15 bits per heavy atom. The summed E-state index contributed by atoms with van der Waals surface area (Å²) in [5.74, 6) is 1.16. The summed E-state index contributed by atoms with van der Waals surface area (Å²) >= 11 is 1.58. The third-order valence-electron chi connectivity index (χ3n) is 7.15. The lowest BCUT2D eigenvalue weighted by atomic mass is 9.79. The van der Waals surface area contributed by atoms with Crippen LogP contribution in [0.3, 0.4) is 0 Å². The fourth-order valence-corrected chi connectivity index (χ4v) is 5.97. The first-order chi connectivity index (χ1) is 16.4. The summed E-state index contributed by atoms with van der Waals surface area (Å²) in [4.78, 5) is 19.6. The van der Waals surface area contributed by atoms with E-state index in [4.69, 9.17) is 4.37 Å². The van der Waals surface area contributed by atoms with Gasteiger partial charge in [0.2, 0.25) is 5.91 Å². The number of hydrogen-bond acceptors (Lipinski definition) is 6. The molecule has 1 unspecified atom stereocenters. The van der Waals surface area contributed by atoms with Gasteiger partial charge in [0, 0.05) is 49.2 Å². The van der Waals surface area contributed by atoms with Crippen LogP contribution < -0.4 is 9.80 Å². The predicted octanol–water partition coefficient (Wildman–Crippen LogP) is 4.49. The number of carbonyl (C=O) groups is 1. The van der Waals surface area contributed by atoms with Gasteiger partial charge in [0.15, 0.2) is 0 Å². The zero-order valence-electron chi connectivity index (χ0n) is 20.1. The summed E-state index contributed by atoms with van der Waals surface area (Å²) in [5, 5.41) is 10.7. The number of piperazine rings is 1. The molecule has 1 fully saturated rings. The molecule has 5 rings (SSSR count). The van der Waals surface area contributed by atoms with E-state index in [2.05, 4.69) is 52.3 Å². The molecule has 0 bridgehead atoms. The lowest BCUT2D eigenvalue weighted by Crippen LogP contribution is -2.50. The Labute approximate surface area is 205 Å². The summed E-state index contributed by atoms with van der Waals surface area (Å²) in [6.07, 6.45) is 1.69. The number of amides is 1. The van der Waals surface area contributed by atoms with Crippen molar-refractivity contribution in [3.63, 3.8) is 0 Å². The maximum absolute atomic E-state index is 13.0. The van der Waals surface area contributed by atoms with Gasteiger partial charge in [-0.15, -0.1) is 0 Å². The average molecular weight is 474 g/mol. The van der Waals surface area contributed by atoms with E-state index in [1.807, 2.05) is 19.9 Å². The van der Waals surface area contributed by atoms with Gasteiger partial charge < -0.3 is 4.90 Å². The Balaban J connectivity index is 1.23. The number of fused-ring (bicyclic) bond motifs is 2. The molecule has 1 aromatic heterocycles. The van der Waals surface area contributed by atoms with E-state index in [9.17, 15) is 10.1 Å². The third kappa shape index (κ3) is 4.17. The smallest absolute Gasteiger partial charge is 0.234 e. The number of hydrogen-bond donors (Lipinski definition) is 0. The normalized spacial score (nSPS) is 19.2. The van der Waals surface area contributed by atoms with Crippen LogP contribution in [0.1, 0.15) is 31.9 Å². The average Bonchev–Trinajstić information content (AvgIpc) is 3.27. The van der Waals surface area contributed by atoms with E-state index in [1.165, 1.54) is 21.2 Å². The van der Waals surface area contributed by atoms with Crippen LogP contribution in [0.25, 0.3) is 10.1 Å². The lowest BCUT2D eigenvalue weighted by Gasteiger charge is -2.40. The standard InChI is InChI=1S/C27H31N5OS/c1-19(18-28)32-23-9-8-20(16-21(23)17-27(2,3)26(32)33)10-11-30-12-14-31(15-13-30)25-22-6-4-5-7-24(22)34-29-25/h4-9,16,19H,10-15,17H2,1-3H3. The van der Waals surface area contributed by atoms with Crippen molar-refractivity contribution in [3.05, 3.63) is 53.6 Å². The van der Waals surface area contributed by atoms with Gasteiger partial charge in [-0.2, -0.15) is 9.64 Å². The molecule has 3 heterocycles. The third-order valence-corrected chi connectivity index (χ3v) is 7.97. The second-order valence-corrected chi connectivity index (χ2v) is 10.9. The maximum atomic E-state index is 13.0. The van der Waals surface area contributed by atoms with Gasteiger partial charge in [-0.05, 0) is 60.6 Å². The molecule has 2 aliphatic heterocycles. The molecule has 0 spiro atoms. The minimum absolute atomic E-state index is 0.0348. The highest BCUT2D eigenvalue weighted by Crippen LogP contribution is 2.39. The molecule has 1 saturated heterocycles. The van der Waals surface area contributed by atoms with E-state index in [-0.39, 0.29) is 5.91 Å². The van der Waals surface area contributed by atoms with E-state index in [0.717, 1.165) is 50.6 Å². The van der Waals surface area contributed by atoms with E-state index in [0.29, 0.717) is 6.42 Å². The molecule has 1 amide bonds. The first kappa shape index (κ1) is 22.8. The van der Waals surface area contributed by atoms with Gasteiger partial charge >= 0.3 is 0 Å². The first-order valence-corrected chi connectivity index (χ1v) is 12.8. The lowest BCUT2D eigenvalue weighted by molar-refractivity contribution is -0.127. The second-order valence-electron chi connectivity index (χ2n) is 10.1. The number of nitrogens with zero attached hydrogens (tertiary/aromatic N) is 5. The highest BCUT2D eigenvalue weighted by atomic mass is 32.1. The quantitative estimate of drug-likeness (QED) is 0.546. The largest absolute Gasteiger partial charge is 0.353 e. The minimum Gasteiger partial charge on any atom is -0.353 e. The number of anilines is 2. The van der Waals surface area contributed by atoms with Gasteiger partial charge in [-0.3, -0.25) is 14.6 Å². The maximum Gasteiger partial charge on any atom is 0.234 e. The van der Waals surface area contributed by atoms with E-state index >= 15 is 0 Å². The number of carbonyl (C=O) groups excluding carboxylic acids is 1.